The van der Waals surface area contributed by atoms with Crippen LogP contribution in [0.3, 0.4) is 0 Å². The molecule has 3 aliphatic carbocycles. The zero-order chi connectivity index (χ0) is 17.4. The van der Waals surface area contributed by atoms with Crippen molar-refractivity contribution in [3.63, 3.8) is 0 Å². The van der Waals surface area contributed by atoms with E-state index >= 15 is 0 Å². The molecule has 3 heteroatoms. The molecule has 24 heavy (non-hydrogen) atoms. The first-order chi connectivity index (χ1) is 11.2. The van der Waals surface area contributed by atoms with Gasteiger partial charge >= 0.3 is 0 Å². The molecule has 0 amide bonds. The Labute approximate surface area is 147 Å². The van der Waals surface area contributed by atoms with Crippen molar-refractivity contribution in [3.8, 4) is 0 Å². The molecule has 2 bridgehead atoms. The molecule has 0 radical (unpaired) electrons. The molecule has 0 aromatic carbocycles. The maximum atomic E-state index is 6.67. The Morgan fingerprint density at radius 3 is 2.54 bits per heavy atom. The van der Waals surface area contributed by atoms with Gasteiger partial charge < -0.3 is 14.2 Å². The van der Waals surface area contributed by atoms with Gasteiger partial charge in [-0.05, 0) is 75.0 Å². The van der Waals surface area contributed by atoms with Gasteiger partial charge in [-0.15, -0.1) is 0 Å². The summed E-state index contributed by atoms with van der Waals surface area (Å²) in [6.07, 6.45) is 9.07. The molecule has 3 saturated carbocycles. The number of hydrogen-bond acceptors (Lipinski definition) is 3. The predicted molar refractivity (Wildman–Crippen MR) is 94.4 cm³/mol. The van der Waals surface area contributed by atoms with E-state index in [1.54, 1.807) is 6.26 Å². The Morgan fingerprint density at radius 2 is 1.83 bits per heavy atom. The Kier molecular flexibility index (Phi) is 3.53. The fourth-order valence-corrected chi connectivity index (χ4v) is 7.26. The summed E-state index contributed by atoms with van der Waals surface area (Å²) < 4.78 is 18.8. The average Bonchev–Trinajstić information content (AvgIpc) is 3.01. The van der Waals surface area contributed by atoms with Crippen molar-refractivity contribution < 1.29 is 14.2 Å². The summed E-state index contributed by atoms with van der Waals surface area (Å²) in [7, 11) is 0. The minimum Gasteiger partial charge on any atom is -0.496 e. The second-order valence-corrected chi connectivity index (χ2v) is 9.85. The summed E-state index contributed by atoms with van der Waals surface area (Å²) >= 11 is 0. The Balaban J connectivity index is 1.66. The molecule has 136 valence electrons. The van der Waals surface area contributed by atoms with E-state index in [-0.39, 0.29) is 11.7 Å². The van der Waals surface area contributed by atoms with Crippen LogP contribution in [0.15, 0.2) is 12.3 Å². The largest absolute Gasteiger partial charge is 0.496 e. The average molecular weight is 335 g/mol. The maximum Gasteiger partial charge on any atom is 0.200 e. The zero-order valence-electron chi connectivity index (χ0n) is 16.2. The number of allylic oxidation sites excluding steroid dienone is 1. The first-order valence-electron chi connectivity index (χ1n) is 9.79. The van der Waals surface area contributed by atoms with Crippen LogP contribution in [-0.2, 0) is 14.2 Å². The lowest BCUT2D eigenvalue weighted by molar-refractivity contribution is -0.209. The monoisotopic (exact) mass is 334 g/mol. The molecule has 4 rings (SSSR count). The topological polar surface area (TPSA) is 27.7 Å². The van der Waals surface area contributed by atoms with Crippen molar-refractivity contribution in [1.29, 1.82) is 0 Å². The molecule has 1 aliphatic heterocycles. The smallest absolute Gasteiger partial charge is 0.200 e. The van der Waals surface area contributed by atoms with Crippen LogP contribution in [0.5, 0.6) is 0 Å². The van der Waals surface area contributed by atoms with Gasteiger partial charge in [0.1, 0.15) is 6.61 Å². The summed E-state index contributed by atoms with van der Waals surface area (Å²) in [5.41, 5.74) is 0.608. The molecule has 1 spiro atoms. The molecule has 1 heterocycles. The van der Waals surface area contributed by atoms with Crippen molar-refractivity contribution in [2.75, 3.05) is 6.61 Å². The molecule has 0 aromatic heterocycles. The molecule has 1 unspecified atom stereocenters. The molecule has 7 atom stereocenters. The van der Waals surface area contributed by atoms with Crippen molar-refractivity contribution in [2.45, 2.75) is 84.7 Å². The first-order valence-corrected chi connectivity index (χ1v) is 9.79. The second-order valence-electron chi connectivity index (χ2n) is 9.85. The lowest BCUT2D eigenvalue weighted by Crippen LogP contribution is -2.52. The normalized spacial score (nSPS) is 54.9. The third-order valence-electron chi connectivity index (χ3n) is 8.25. The fourth-order valence-electron chi connectivity index (χ4n) is 7.26. The van der Waals surface area contributed by atoms with Crippen LogP contribution in [0.2, 0.25) is 0 Å². The van der Waals surface area contributed by atoms with Crippen molar-refractivity contribution in [1.82, 2.24) is 0 Å². The minimum absolute atomic E-state index is 0.188. The van der Waals surface area contributed by atoms with Gasteiger partial charge in [0.15, 0.2) is 0 Å². The third-order valence-corrected chi connectivity index (χ3v) is 8.25. The Bertz CT molecular complexity index is 555. The van der Waals surface area contributed by atoms with Crippen molar-refractivity contribution in [3.05, 3.63) is 12.3 Å². The van der Waals surface area contributed by atoms with Gasteiger partial charge in [-0.25, -0.2) is 0 Å². The molecule has 0 N–H and O–H groups in total. The quantitative estimate of drug-likeness (QED) is 0.686. The van der Waals surface area contributed by atoms with Crippen LogP contribution in [0.4, 0.5) is 0 Å². The zero-order valence-corrected chi connectivity index (χ0v) is 16.2. The van der Waals surface area contributed by atoms with E-state index in [4.69, 9.17) is 14.2 Å². The second kappa shape index (κ2) is 5.01. The van der Waals surface area contributed by atoms with Gasteiger partial charge in [0, 0.05) is 0 Å². The van der Waals surface area contributed by atoms with Crippen LogP contribution in [0.1, 0.15) is 67.2 Å². The molecule has 1 saturated heterocycles. The highest BCUT2D eigenvalue weighted by Gasteiger charge is 2.74. The highest BCUT2D eigenvalue weighted by molar-refractivity contribution is 5.21. The molecule has 4 fully saturated rings. The van der Waals surface area contributed by atoms with Gasteiger partial charge in [0.05, 0.1) is 18.0 Å². The molecular weight excluding hydrogens is 300 g/mol. The summed E-state index contributed by atoms with van der Waals surface area (Å²) in [6.45, 7) is 14.2. The number of hydrogen-bond donors (Lipinski definition) is 0. The van der Waals surface area contributed by atoms with E-state index < -0.39 is 5.79 Å². The fraction of sp³-hybridized carbons (Fsp3) is 0.905. The number of ether oxygens (including phenoxy) is 3. The first kappa shape index (κ1) is 16.9. The molecule has 3 nitrogen and oxygen atoms in total. The molecule has 4 aliphatic rings. The van der Waals surface area contributed by atoms with E-state index in [0.717, 1.165) is 18.3 Å². The summed E-state index contributed by atoms with van der Waals surface area (Å²) in [4.78, 5) is 0. The Hall–Kier alpha value is -0.540. The highest BCUT2D eigenvalue weighted by Crippen LogP contribution is 2.75. The maximum absolute atomic E-state index is 6.67. The lowest BCUT2D eigenvalue weighted by Gasteiger charge is -2.47. The van der Waals surface area contributed by atoms with Crippen LogP contribution in [-0.4, -0.2) is 24.1 Å². The van der Waals surface area contributed by atoms with Crippen LogP contribution in [0.25, 0.3) is 0 Å². The van der Waals surface area contributed by atoms with E-state index in [9.17, 15) is 0 Å². The van der Waals surface area contributed by atoms with Gasteiger partial charge in [-0.3, -0.25) is 0 Å². The number of rotatable bonds is 3. The van der Waals surface area contributed by atoms with Gasteiger partial charge in [-0.2, -0.15) is 0 Å². The van der Waals surface area contributed by atoms with Crippen molar-refractivity contribution in [2.24, 2.45) is 28.6 Å². The highest BCUT2D eigenvalue weighted by atomic mass is 16.8. The standard InChI is InChI=1S/C21H34O3/c1-7-10-22-13-19(5)23-17-12-21-11-16(20(17,6)24-19)18(3,4)15(21)9-8-14(21)2/h7,10,14-17H,8-9,11-13H2,1-6H3/t14-,15+,16-,17+,19?,20-,21-/m1/s1. The molecular formula is C21H34O3. The lowest BCUT2D eigenvalue weighted by atomic mass is 9.63. The third kappa shape index (κ3) is 1.97. The summed E-state index contributed by atoms with van der Waals surface area (Å²) in [5, 5.41) is 0. The van der Waals surface area contributed by atoms with Gasteiger partial charge in [0.2, 0.25) is 5.79 Å². The minimum atomic E-state index is -0.631. The predicted octanol–water partition coefficient (Wildman–Crippen LogP) is 4.91. The Morgan fingerprint density at radius 1 is 1.08 bits per heavy atom. The van der Waals surface area contributed by atoms with E-state index in [1.807, 2.05) is 19.9 Å². The van der Waals surface area contributed by atoms with E-state index in [2.05, 4.69) is 27.7 Å². The van der Waals surface area contributed by atoms with Crippen LogP contribution in [0, 0.1) is 28.6 Å². The van der Waals surface area contributed by atoms with Crippen LogP contribution < -0.4 is 0 Å². The summed E-state index contributed by atoms with van der Waals surface area (Å²) in [6, 6.07) is 0. The van der Waals surface area contributed by atoms with Gasteiger partial charge in [-0.1, -0.05) is 26.8 Å². The van der Waals surface area contributed by atoms with E-state index in [1.165, 1.54) is 19.3 Å². The van der Waals surface area contributed by atoms with Crippen molar-refractivity contribution >= 4 is 0 Å². The SMILES string of the molecule is CC=COCC1(C)O[C@H]2C[C@@]34C[C@H](C(C)(C)[C@@H]3CC[C@H]4C)[C@@]2(C)O1. The van der Waals surface area contributed by atoms with Crippen LogP contribution >= 0.6 is 0 Å². The van der Waals surface area contributed by atoms with E-state index in [0.29, 0.717) is 23.4 Å². The summed E-state index contributed by atoms with van der Waals surface area (Å²) in [5.74, 6) is 1.57. The number of fused-ring (bicyclic) bond motifs is 3. The molecule has 0 aromatic rings. The van der Waals surface area contributed by atoms with Gasteiger partial charge in [0.25, 0.3) is 0 Å².